The summed E-state index contributed by atoms with van der Waals surface area (Å²) in [6.07, 6.45) is 0. The maximum Gasteiger partial charge on any atom is 0.414 e. The van der Waals surface area contributed by atoms with Gasteiger partial charge in [-0.1, -0.05) is 30.3 Å². The first-order valence-corrected chi connectivity index (χ1v) is 10.2. The molecule has 0 radical (unpaired) electrons. The largest absolute Gasteiger partial charge is 0.484 e. The number of aliphatic carboxylic acids is 2. The molecule has 2 N–H and O–H groups in total. The minimum atomic E-state index is -1.82. The molecular formula is C23H26N2O8. The van der Waals surface area contributed by atoms with Gasteiger partial charge in [-0.25, -0.2) is 9.59 Å². The molecule has 0 bridgehead atoms. The summed E-state index contributed by atoms with van der Waals surface area (Å²) in [5, 5.41) is 14.8. The molecule has 3 rings (SSSR count). The van der Waals surface area contributed by atoms with Crippen LogP contribution in [0.15, 0.2) is 54.6 Å². The third-order valence-electron chi connectivity index (χ3n) is 4.63. The number of rotatable bonds is 6. The first-order chi connectivity index (χ1) is 15.8. The second-order valence-electron chi connectivity index (χ2n) is 7.08. The maximum absolute atomic E-state index is 12.3. The van der Waals surface area contributed by atoms with Gasteiger partial charge in [-0.3, -0.25) is 9.59 Å². The summed E-state index contributed by atoms with van der Waals surface area (Å²) in [7, 11) is 0. The van der Waals surface area contributed by atoms with Crippen LogP contribution in [0.25, 0.3) is 0 Å². The number of benzene rings is 2. The van der Waals surface area contributed by atoms with E-state index in [1.54, 1.807) is 9.80 Å². The van der Waals surface area contributed by atoms with E-state index < -0.39 is 11.9 Å². The van der Waals surface area contributed by atoms with Crippen LogP contribution in [-0.2, 0) is 19.2 Å². The maximum atomic E-state index is 12.3. The standard InChI is InChI=1S/C21H24N2O4.C2H2O4/c1-17-6-5-9-19(14-17)27-16-21(25)23-12-10-22(11-13-23)20(24)15-26-18-7-3-2-4-8-18;3-1(4)2(5)6/h2-9,14H,10-13,15-16H2,1H3;(H,3,4)(H,5,6). The molecular weight excluding hydrogens is 432 g/mol. The fourth-order valence-corrected chi connectivity index (χ4v) is 2.90. The summed E-state index contributed by atoms with van der Waals surface area (Å²) >= 11 is 0. The Labute approximate surface area is 190 Å². The highest BCUT2D eigenvalue weighted by Crippen LogP contribution is 2.13. The van der Waals surface area contributed by atoms with Crippen LogP contribution in [0, 0.1) is 6.92 Å². The molecule has 2 aromatic rings. The molecule has 0 aromatic heterocycles. The molecule has 1 saturated heterocycles. The summed E-state index contributed by atoms with van der Waals surface area (Å²) in [6.45, 7) is 4.02. The molecule has 0 aliphatic carbocycles. The monoisotopic (exact) mass is 458 g/mol. The van der Waals surface area contributed by atoms with E-state index in [0.29, 0.717) is 37.7 Å². The Morgan fingerprint density at radius 3 is 1.64 bits per heavy atom. The zero-order valence-electron chi connectivity index (χ0n) is 18.2. The molecule has 0 unspecified atom stereocenters. The molecule has 176 valence electrons. The Bertz CT molecular complexity index is 944. The summed E-state index contributed by atoms with van der Waals surface area (Å²) in [5.74, 6) is -2.42. The molecule has 10 nitrogen and oxygen atoms in total. The first kappa shape index (κ1) is 25.2. The van der Waals surface area contributed by atoms with Crippen molar-refractivity contribution in [2.75, 3.05) is 39.4 Å². The van der Waals surface area contributed by atoms with Gasteiger partial charge >= 0.3 is 11.9 Å². The number of hydrogen-bond acceptors (Lipinski definition) is 6. The highest BCUT2D eigenvalue weighted by Gasteiger charge is 2.24. The van der Waals surface area contributed by atoms with E-state index in [1.165, 1.54) is 0 Å². The third-order valence-corrected chi connectivity index (χ3v) is 4.63. The number of nitrogens with zero attached hydrogens (tertiary/aromatic N) is 2. The highest BCUT2D eigenvalue weighted by molar-refractivity contribution is 6.27. The van der Waals surface area contributed by atoms with Gasteiger partial charge in [0.05, 0.1) is 0 Å². The van der Waals surface area contributed by atoms with Crippen molar-refractivity contribution in [3.63, 3.8) is 0 Å². The number of amides is 2. The summed E-state index contributed by atoms with van der Waals surface area (Å²) in [4.78, 5) is 46.2. The van der Waals surface area contributed by atoms with Crippen LogP contribution in [0.1, 0.15) is 5.56 Å². The average molecular weight is 458 g/mol. The third kappa shape index (κ3) is 8.90. The molecule has 1 heterocycles. The number of aryl methyl sites for hydroxylation is 1. The van der Waals surface area contributed by atoms with Crippen molar-refractivity contribution in [2.45, 2.75) is 6.92 Å². The van der Waals surface area contributed by atoms with Crippen LogP contribution in [0.3, 0.4) is 0 Å². The lowest BCUT2D eigenvalue weighted by Gasteiger charge is -2.34. The SMILES string of the molecule is Cc1cccc(OCC(=O)N2CCN(C(=O)COc3ccccc3)CC2)c1.O=C(O)C(=O)O. The van der Waals surface area contributed by atoms with Crippen molar-refractivity contribution in [1.82, 2.24) is 9.80 Å². The Hall–Kier alpha value is -4.08. The predicted molar refractivity (Wildman–Crippen MR) is 117 cm³/mol. The van der Waals surface area contributed by atoms with Gasteiger partial charge in [-0.2, -0.15) is 0 Å². The number of piperazine rings is 1. The van der Waals surface area contributed by atoms with Crippen molar-refractivity contribution >= 4 is 23.8 Å². The second-order valence-corrected chi connectivity index (χ2v) is 7.08. The van der Waals surface area contributed by atoms with Crippen molar-refractivity contribution < 1.29 is 38.9 Å². The number of carboxylic acids is 2. The second kappa shape index (κ2) is 12.7. The number of hydrogen-bond donors (Lipinski definition) is 2. The molecule has 10 heteroatoms. The van der Waals surface area contributed by atoms with Crippen LogP contribution in [0.2, 0.25) is 0 Å². The van der Waals surface area contributed by atoms with Crippen molar-refractivity contribution in [2.24, 2.45) is 0 Å². The van der Waals surface area contributed by atoms with Gasteiger partial charge in [0.2, 0.25) is 0 Å². The minimum Gasteiger partial charge on any atom is -0.484 e. The van der Waals surface area contributed by atoms with E-state index >= 15 is 0 Å². The van der Waals surface area contributed by atoms with E-state index in [4.69, 9.17) is 29.3 Å². The molecule has 0 atom stereocenters. The fraction of sp³-hybridized carbons (Fsp3) is 0.304. The van der Waals surface area contributed by atoms with Crippen LogP contribution in [0.5, 0.6) is 11.5 Å². The number of carbonyl (C=O) groups is 4. The minimum absolute atomic E-state index is 0.00836. The number of carboxylic acid groups (broad SMARTS) is 2. The van der Waals surface area contributed by atoms with Gasteiger partial charge < -0.3 is 29.5 Å². The average Bonchev–Trinajstić information content (AvgIpc) is 2.82. The molecule has 0 spiro atoms. The van der Waals surface area contributed by atoms with Gasteiger partial charge in [0.1, 0.15) is 11.5 Å². The summed E-state index contributed by atoms with van der Waals surface area (Å²) in [6, 6.07) is 16.9. The molecule has 1 aliphatic heterocycles. The van der Waals surface area contributed by atoms with E-state index in [2.05, 4.69) is 0 Å². The number of para-hydroxylation sites is 1. The Balaban J connectivity index is 0.000000569. The molecule has 0 saturated carbocycles. The lowest BCUT2D eigenvalue weighted by atomic mass is 10.2. The van der Waals surface area contributed by atoms with Gasteiger partial charge in [0.25, 0.3) is 11.8 Å². The Morgan fingerprint density at radius 2 is 1.18 bits per heavy atom. The zero-order valence-corrected chi connectivity index (χ0v) is 18.2. The number of ether oxygens (including phenoxy) is 2. The van der Waals surface area contributed by atoms with Crippen molar-refractivity contribution in [3.8, 4) is 11.5 Å². The quantitative estimate of drug-likeness (QED) is 0.619. The molecule has 1 fully saturated rings. The Morgan fingerprint density at radius 1 is 0.727 bits per heavy atom. The molecule has 33 heavy (non-hydrogen) atoms. The van der Waals surface area contributed by atoms with Gasteiger partial charge in [-0.05, 0) is 36.8 Å². The fourth-order valence-electron chi connectivity index (χ4n) is 2.90. The van der Waals surface area contributed by atoms with E-state index in [9.17, 15) is 9.59 Å². The van der Waals surface area contributed by atoms with E-state index in [-0.39, 0.29) is 25.0 Å². The molecule has 1 aliphatic rings. The topological polar surface area (TPSA) is 134 Å². The van der Waals surface area contributed by atoms with Crippen LogP contribution in [0.4, 0.5) is 0 Å². The van der Waals surface area contributed by atoms with Crippen LogP contribution < -0.4 is 9.47 Å². The normalized spacial score (nSPS) is 12.8. The van der Waals surface area contributed by atoms with Crippen LogP contribution in [-0.4, -0.2) is 83.2 Å². The van der Waals surface area contributed by atoms with Crippen LogP contribution >= 0.6 is 0 Å². The van der Waals surface area contributed by atoms with E-state index in [1.807, 2.05) is 61.5 Å². The lowest BCUT2D eigenvalue weighted by molar-refractivity contribution is -0.159. The summed E-state index contributed by atoms with van der Waals surface area (Å²) < 4.78 is 11.1. The summed E-state index contributed by atoms with van der Waals surface area (Å²) in [5.41, 5.74) is 1.09. The van der Waals surface area contributed by atoms with Gasteiger partial charge in [-0.15, -0.1) is 0 Å². The first-order valence-electron chi connectivity index (χ1n) is 10.2. The van der Waals surface area contributed by atoms with Crippen molar-refractivity contribution in [1.29, 1.82) is 0 Å². The molecule has 2 aromatic carbocycles. The lowest BCUT2D eigenvalue weighted by Crippen LogP contribution is -2.52. The van der Waals surface area contributed by atoms with Gasteiger partial charge in [0.15, 0.2) is 13.2 Å². The highest BCUT2D eigenvalue weighted by atomic mass is 16.5. The van der Waals surface area contributed by atoms with Crippen molar-refractivity contribution in [3.05, 3.63) is 60.2 Å². The number of carbonyl (C=O) groups excluding carboxylic acids is 2. The van der Waals surface area contributed by atoms with E-state index in [0.717, 1.165) is 5.56 Å². The van der Waals surface area contributed by atoms with Gasteiger partial charge in [0, 0.05) is 26.2 Å². The smallest absolute Gasteiger partial charge is 0.414 e. The molecule has 2 amide bonds. The predicted octanol–water partition coefficient (Wildman–Crippen LogP) is 1.28. The Kier molecular flexibility index (Phi) is 9.69. The zero-order chi connectivity index (χ0) is 24.2.